The van der Waals surface area contributed by atoms with Crippen LogP contribution in [0.5, 0.6) is 0 Å². The Kier molecular flexibility index (Phi) is 3.33. The molecule has 2 aliphatic heterocycles. The highest BCUT2D eigenvalue weighted by Gasteiger charge is 2.41. The van der Waals surface area contributed by atoms with Crippen molar-refractivity contribution in [2.45, 2.75) is 25.4 Å². The van der Waals surface area contributed by atoms with Crippen LogP contribution in [0, 0.1) is 0 Å². The number of carbonyl (C=O) groups excluding carboxylic acids is 2. The second kappa shape index (κ2) is 5.04. The van der Waals surface area contributed by atoms with E-state index in [1.807, 2.05) is 6.07 Å². The Hall–Kier alpha value is -2.08. The molecule has 0 unspecified atom stereocenters. The number of rotatable bonds is 1. The minimum absolute atomic E-state index is 0.0180. The maximum absolute atomic E-state index is 12.1. The van der Waals surface area contributed by atoms with E-state index in [2.05, 4.69) is 0 Å². The van der Waals surface area contributed by atoms with Crippen LogP contribution in [0.1, 0.15) is 35.2 Å². The fourth-order valence-corrected chi connectivity index (χ4v) is 3.27. The average molecular weight is 290 g/mol. The van der Waals surface area contributed by atoms with Crippen LogP contribution in [0.3, 0.4) is 0 Å². The van der Waals surface area contributed by atoms with Crippen molar-refractivity contribution in [3.8, 4) is 0 Å². The number of methoxy groups -OCH3 is 1. The van der Waals surface area contributed by atoms with Crippen molar-refractivity contribution in [1.82, 2.24) is 0 Å². The fourth-order valence-electron chi connectivity index (χ4n) is 3.27. The maximum Gasteiger partial charge on any atom is 0.342 e. The van der Waals surface area contributed by atoms with Gasteiger partial charge in [-0.1, -0.05) is 6.07 Å². The van der Waals surface area contributed by atoms with Crippen molar-refractivity contribution in [3.05, 3.63) is 23.3 Å². The third kappa shape index (κ3) is 2.06. The molecule has 2 atom stereocenters. The van der Waals surface area contributed by atoms with E-state index in [0.29, 0.717) is 24.5 Å². The van der Waals surface area contributed by atoms with Crippen molar-refractivity contribution < 1.29 is 19.1 Å². The Morgan fingerprint density at radius 1 is 1.43 bits per heavy atom. The molecule has 0 aliphatic carbocycles. The second-order valence-corrected chi connectivity index (χ2v) is 5.39. The molecule has 0 radical (unpaired) electrons. The van der Waals surface area contributed by atoms with Crippen molar-refractivity contribution in [2.24, 2.45) is 0 Å². The topological polar surface area (TPSA) is 81.9 Å². The first kappa shape index (κ1) is 13.9. The van der Waals surface area contributed by atoms with Gasteiger partial charge in [0.2, 0.25) is 5.91 Å². The lowest BCUT2D eigenvalue weighted by Crippen LogP contribution is -2.43. The summed E-state index contributed by atoms with van der Waals surface area (Å²) in [7, 11) is 1.31. The molecular formula is C15H18N2O4. The summed E-state index contributed by atoms with van der Waals surface area (Å²) in [6, 6.07) is 3.59. The molecule has 0 spiro atoms. The highest BCUT2D eigenvalue weighted by molar-refractivity contribution is 6.07. The van der Waals surface area contributed by atoms with Gasteiger partial charge in [0.05, 0.1) is 25.4 Å². The minimum atomic E-state index is -0.520. The van der Waals surface area contributed by atoms with Gasteiger partial charge in [0, 0.05) is 25.1 Å². The smallest absolute Gasteiger partial charge is 0.342 e. The molecule has 1 amide bonds. The predicted molar refractivity (Wildman–Crippen MR) is 77.3 cm³/mol. The van der Waals surface area contributed by atoms with Gasteiger partial charge >= 0.3 is 5.97 Å². The summed E-state index contributed by atoms with van der Waals surface area (Å²) in [5, 5.41) is 0. The van der Waals surface area contributed by atoms with E-state index in [4.69, 9.17) is 15.2 Å². The van der Waals surface area contributed by atoms with Crippen molar-refractivity contribution in [1.29, 1.82) is 0 Å². The summed E-state index contributed by atoms with van der Waals surface area (Å²) < 4.78 is 10.5. The van der Waals surface area contributed by atoms with E-state index in [-0.39, 0.29) is 23.5 Å². The molecule has 6 heteroatoms. The lowest BCUT2D eigenvalue weighted by molar-refractivity contribution is -0.117. The monoisotopic (exact) mass is 290 g/mol. The molecule has 2 N–H and O–H groups in total. The summed E-state index contributed by atoms with van der Waals surface area (Å²) >= 11 is 0. The molecule has 3 rings (SSSR count). The summed E-state index contributed by atoms with van der Waals surface area (Å²) in [4.78, 5) is 25.7. The normalized spacial score (nSPS) is 23.4. The van der Waals surface area contributed by atoms with Crippen molar-refractivity contribution in [2.75, 3.05) is 30.9 Å². The largest absolute Gasteiger partial charge is 0.465 e. The number of hydrogen-bond acceptors (Lipinski definition) is 5. The molecule has 1 aromatic rings. The van der Waals surface area contributed by atoms with Gasteiger partial charge in [-0.15, -0.1) is 0 Å². The van der Waals surface area contributed by atoms with Crippen LogP contribution in [0.2, 0.25) is 0 Å². The summed E-state index contributed by atoms with van der Waals surface area (Å²) in [6.45, 7) is 2.59. The van der Waals surface area contributed by atoms with Gasteiger partial charge in [0.25, 0.3) is 0 Å². The molecule has 1 fully saturated rings. The van der Waals surface area contributed by atoms with Crippen LogP contribution in [-0.4, -0.2) is 38.2 Å². The first-order valence-corrected chi connectivity index (χ1v) is 6.95. The van der Waals surface area contributed by atoms with Crippen LogP contribution >= 0.6 is 0 Å². The molecule has 21 heavy (non-hydrogen) atoms. The number of carbonyl (C=O) groups is 2. The van der Waals surface area contributed by atoms with E-state index >= 15 is 0 Å². The molecule has 1 aromatic carbocycles. The number of benzene rings is 1. The summed E-state index contributed by atoms with van der Waals surface area (Å²) in [6.07, 6.45) is 0.865. The highest BCUT2D eigenvalue weighted by Crippen LogP contribution is 2.45. The Balaban J connectivity index is 2.23. The molecule has 6 nitrogen and oxygen atoms in total. The number of nitrogen functional groups attached to an aromatic ring is 1. The number of nitrogens with zero attached hydrogens (tertiary/aromatic N) is 1. The van der Waals surface area contributed by atoms with E-state index in [9.17, 15) is 9.59 Å². The van der Waals surface area contributed by atoms with E-state index < -0.39 is 5.97 Å². The van der Waals surface area contributed by atoms with Crippen molar-refractivity contribution >= 4 is 23.3 Å². The number of nitrogens with two attached hydrogens (primary N) is 1. The van der Waals surface area contributed by atoms with Gasteiger partial charge in [-0.3, -0.25) is 4.79 Å². The number of amides is 1. The Labute approximate surface area is 122 Å². The van der Waals surface area contributed by atoms with E-state index in [0.717, 1.165) is 12.0 Å². The Bertz CT molecular complexity index is 614. The SMILES string of the molecule is COC(=O)c1c(N)ccc2c1N(C(C)=O)C[C@H]1OCC[C@@H]21. The van der Waals surface area contributed by atoms with Gasteiger partial charge in [-0.05, 0) is 18.1 Å². The highest BCUT2D eigenvalue weighted by atomic mass is 16.5. The zero-order valence-corrected chi connectivity index (χ0v) is 12.1. The number of esters is 1. The predicted octanol–water partition coefficient (Wildman–Crippen LogP) is 1.29. The molecule has 0 saturated carbocycles. The zero-order valence-electron chi connectivity index (χ0n) is 12.1. The third-order valence-corrected chi connectivity index (χ3v) is 4.25. The van der Waals surface area contributed by atoms with Crippen LogP contribution in [0.4, 0.5) is 11.4 Å². The van der Waals surface area contributed by atoms with Gasteiger partial charge in [-0.2, -0.15) is 0 Å². The fraction of sp³-hybridized carbons (Fsp3) is 0.467. The second-order valence-electron chi connectivity index (χ2n) is 5.39. The summed E-state index contributed by atoms with van der Waals surface area (Å²) in [5.41, 5.74) is 8.07. The zero-order chi connectivity index (χ0) is 15.1. The number of hydrogen-bond donors (Lipinski definition) is 1. The number of anilines is 2. The number of ether oxygens (including phenoxy) is 2. The van der Waals surface area contributed by atoms with Gasteiger partial charge in [-0.25, -0.2) is 4.79 Å². The molecule has 0 bridgehead atoms. The molecular weight excluding hydrogens is 272 g/mol. The van der Waals surface area contributed by atoms with Gasteiger partial charge in [0.1, 0.15) is 5.56 Å². The Morgan fingerprint density at radius 2 is 2.19 bits per heavy atom. The molecule has 112 valence electrons. The van der Waals surface area contributed by atoms with E-state index in [1.165, 1.54) is 14.0 Å². The lowest BCUT2D eigenvalue weighted by Gasteiger charge is -2.37. The average Bonchev–Trinajstić information content (AvgIpc) is 2.93. The van der Waals surface area contributed by atoms with Gasteiger partial charge < -0.3 is 20.1 Å². The van der Waals surface area contributed by atoms with Crippen LogP contribution in [0.15, 0.2) is 12.1 Å². The third-order valence-electron chi connectivity index (χ3n) is 4.25. The standard InChI is InChI=1S/C15H18N2O4/c1-8(18)17-7-12-9(5-6-21-12)10-3-4-11(16)13(14(10)17)15(19)20-2/h3-4,9,12H,5-7,16H2,1-2H3/t9-,12+/m0/s1. The first-order chi connectivity index (χ1) is 10.0. The van der Waals surface area contributed by atoms with Crippen LogP contribution in [-0.2, 0) is 14.3 Å². The van der Waals surface area contributed by atoms with Crippen molar-refractivity contribution in [3.63, 3.8) is 0 Å². The molecule has 0 aromatic heterocycles. The molecule has 1 saturated heterocycles. The summed E-state index contributed by atoms with van der Waals surface area (Å²) in [5.74, 6) is -0.464. The van der Waals surface area contributed by atoms with Crippen LogP contribution < -0.4 is 10.6 Å². The molecule has 2 heterocycles. The molecule has 2 aliphatic rings. The lowest BCUT2D eigenvalue weighted by atomic mass is 9.85. The van der Waals surface area contributed by atoms with E-state index in [1.54, 1.807) is 11.0 Å². The minimum Gasteiger partial charge on any atom is -0.465 e. The Morgan fingerprint density at radius 3 is 2.86 bits per heavy atom. The first-order valence-electron chi connectivity index (χ1n) is 6.95. The van der Waals surface area contributed by atoms with Crippen LogP contribution in [0.25, 0.3) is 0 Å². The quantitative estimate of drug-likeness (QED) is 0.622. The maximum atomic E-state index is 12.1. The van der Waals surface area contributed by atoms with Gasteiger partial charge in [0.15, 0.2) is 0 Å². The number of fused-ring (bicyclic) bond motifs is 3.